The maximum Gasteiger partial charge on any atom is 0.316 e. The van der Waals surface area contributed by atoms with E-state index in [0.717, 1.165) is 35.7 Å². The third kappa shape index (κ3) is 6.97. The van der Waals surface area contributed by atoms with Gasteiger partial charge in [0.1, 0.15) is 12.4 Å². The summed E-state index contributed by atoms with van der Waals surface area (Å²) < 4.78 is 11.0. The zero-order valence-corrected chi connectivity index (χ0v) is 19.3. The first kappa shape index (κ1) is 23.1. The number of piperazine rings is 1. The van der Waals surface area contributed by atoms with E-state index in [2.05, 4.69) is 17.0 Å². The van der Waals surface area contributed by atoms with Gasteiger partial charge in [-0.2, -0.15) is 0 Å². The van der Waals surface area contributed by atoms with Crippen LogP contribution in [0, 0.1) is 0 Å². The molecular weight excluding hydrogens is 436 g/mol. The molecule has 1 aliphatic heterocycles. The Hall–Kier alpha value is -3.03. The SMILES string of the molecule is O=C(CSc1ccc2ccccc2c1)OCC(=O)N1CCN(CCOc2ccccc2)CC1. The minimum atomic E-state index is -0.377. The first-order valence-electron chi connectivity index (χ1n) is 11.1. The van der Waals surface area contributed by atoms with E-state index in [0.29, 0.717) is 19.7 Å². The molecule has 0 aliphatic carbocycles. The van der Waals surface area contributed by atoms with E-state index in [4.69, 9.17) is 9.47 Å². The fraction of sp³-hybridized carbons (Fsp3) is 0.308. The molecular formula is C26H28N2O4S. The molecule has 1 aliphatic rings. The quantitative estimate of drug-likeness (QED) is 0.356. The number of carbonyl (C=O) groups excluding carboxylic acids is 2. The molecule has 4 rings (SSSR count). The van der Waals surface area contributed by atoms with Crippen molar-refractivity contribution in [2.75, 3.05) is 51.7 Å². The number of hydrogen-bond donors (Lipinski definition) is 0. The number of benzene rings is 3. The molecule has 1 saturated heterocycles. The van der Waals surface area contributed by atoms with Crippen LogP contribution in [0.5, 0.6) is 5.75 Å². The third-order valence-corrected chi connectivity index (χ3v) is 6.55. The molecule has 0 atom stereocenters. The Morgan fingerprint density at radius 1 is 0.848 bits per heavy atom. The molecule has 0 saturated carbocycles. The molecule has 1 heterocycles. The lowest BCUT2D eigenvalue weighted by molar-refractivity contribution is -0.150. The molecule has 0 N–H and O–H groups in total. The van der Waals surface area contributed by atoms with E-state index in [1.807, 2.05) is 60.7 Å². The summed E-state index contributed by atoms with van der Waals surface area (Å²) in [6, 6.07) is 24.0. The minimum absolute atomic E-state index is 0.140. The maximum atomic E-state index is 12.4. The molecule has 3 aromatic carbocycles. The molecule has 0 radical (unpaired) electrons. The average Bonchev–Trinajstić information content (AvgIpc) is 2.87. The van der Waals surface area contributed by atoms with Crippen molar-refractivity contribution in [3.63, 3.8) is 0 Å². The maximum absolute atomic E-state index is 12.4. The number of ether oxygens (including phenoxy) is 2. The molecule has 1 amide bonds. The highest BCUT2D eigenvalue weighted by Crippen LogP contribution is 2.23. The van der Waals surface area contributed by atoms with Crippen molar-refractivity contribution >= 4 is 34.4 Å². The third-order valence-electron chi connectivity index (χ3n) is 5.58. The highest BCUT2D eigenvalue weighted by molar-refractivity contribution is 8.00. The van der Waals surface area contributed by atoms with Crippen molar-refractivity contribution in [2.24, 2.45) is 0 Å². The fourth-order valence-corrected chi connectivity index (χ4v) is 4.45. The first-order chi connectivity index (χ1) is 16.2. The number of nitrogens with zero attached hydrogens (tertiary/aromatic N) is 2. The molecule has 1 fully saturated rings. The number of rotatable bonds is 9. The predicted octanol–water partition coefficient (Wildman–Crippen LogP) is 3.70. The summed E-state index contributed by atoms with van der Waals surface area (Å²) in [7, 11) is 0. The monoisotopic (exact) mass is 464 g/mol. The van der Waals surface area contributed by atoms with Crippen LogP contribution in [-0.2, 0) is 14.3 Å². The van der Waals surface area contributed by atoms with Crippen molar-refractivity contribution < 1.29 is 19.1 Å². The topological polar surface area (TPSA) is 59.1 Å². The van der Waals surface area contributed by atoms with Crippen molar-refractivity contribution in [2.45, 2.75) is 4.90 Å². The number of carbonyl (C=O) groups is 2. The van der Waals surface area contributed by atoms with E-state index in [1.54, 1.807) is 4.90 Å². The van der Waals surface area contributed by atoms with Gasteiger partial charge in [0, 0.05) is 37.6 Å². The molecule has 7 heteroatoms. The molecule has 172 valence electrons. The van der Waals surface area contributed by atoms with E-state index in [9.17, 15) is 9.59 Å². The van der Waals surface area contributed by atoms with Gasteiger partial charge in [0.05, 0.1) is 5.75 Å². The lowest BCUT2D eigenvalue weighted by atomic mass is 10.1. The Morgan fingerprint density at radius 2 is 1.58 bits per heavy atom. The van der Waals surface area contributed by atoms with E-state index < -0.39 is 0 Å². The smallest absolute Gasteiger partial charge is 0.316 e. The molecule has 3 aromatic rings. The van der Waals surface area contributed by atoms with E-state index in [1.165, 1.54) is 17.1 Å². The fourth-order valence-electron chi connectivity index (χ4n) is 3.70. The second-order valence-electron chi connectivity index (χ2n) is 7.84. The molecule has 33 heavy (non-hydrogen) atoms. The Kier molecular flexibility index (Phi) is 8.22. The highest BCUT2D eigenvalue weighted by Gasteiger charge is 2.22. The second kappa shape index (κ2) is 11.7. The van der Waals surface area contributed by atoms with Crippen molar-refractivity contribution in [3.05, 3.63) is 72.8 Å². The van der Waals surface area contributed by atoms with Crippen LogP contribution in [0.1, 0.15) is 0 Å². The Bertz CT molecular complexity index is 1070. The van der Waals surface area contributed by atoms with Crippen LogP contribution in [0.3, 0.4) is 0 Å². The summed E-state index contributed by atoms with van der Waals surface area (Å²) in [6.07, 6.45) is 0. The number of esters is 1. The number of para-hydroxylation sites is 1. The van der Waals surface area contributed by atoms with Gasteiger partial charge in [-0.05, 0) is 35.0 Å². The number of thioether (sulfide) groups is 1. The number of amides is 1. The number of fused-ring (bicyclic) bond motifs is 1. The van der Waals surface area contributed by atoms with Crippen LogP contribution < -0.4 is 4.74 Å². The van der Waals surface area contributed by atoms with E-state index in [-0.39, 0.29) is 24.2 Å². The summed E-state index contributed by atoms with van der Waals surface area (Å²) in [6.45, 7) is 4.07. The van der Waals surface area contributed by atoms with E-state index >= 15 is 0 Å². The second-order valence-corrected chi connectivity index (χ2v) is 8.89. The Labute approximate surface area is 198 Å². The average molecular weight is 465 g/mol. The summed E-state index contributed by atoms with van der Waals surface area (Å²) in [5.41, 5.74) is 0. The zero-order chi connectivity index (χ0) is 22.9. The highest BCUT2D eigenvalue weighted by atomic mass is 32.2. The number of hydrogen-bond acceptors (Lipinski definition) is 6. The molecule has 6 nitrogen and oxygen atoms in total. The summed E-state index contributed by atoms with van der Waals surface area (Å²) in [4.78, 5) is 29.6. The standard InChI is InChI=1S/C26H28N2O4S/c29-25(28-14-12-27(13-15-28)16-17-31-23-8-2-1-3-9-23)19-32-26(30)20-33-24-11-10-21-6-4-5-7-22(21)18-24/h1-11,18H,12-17,19-20H2. The van der Waals surface area contributed by atoms with Gasteiger partial charge in [-0.3, -0.25) is 14.5 Å². The van der Waals surface area contributed by atoms with Gasteiger partial charge in [0.25, 0.3) is 5.91 Å². The van der Waals surface area contributed by atoms with Crippen molar-refractivity contribution in [1.29, 1.82) is 0 Å². The zero-order valence-electron chi connectivity index (χ0n) is 18.5. The van der Waals surface area contributed by atoms with Crippen LogP contribution in [0.4, 0.5) is 0 Å². The molecule has 0 aromatic heterocycles. The molecule has 0 spiro atoms. The van der Waals surface area contributed by atoms with Gasteiger partial charge in [-0.25, -0.2) is 0 Å². The largest absolute Gasteiger partial charge is 0.492 e. The van der Waals surface area contributed by atoms with Crippen molar-refractivity contribution in [3.8, 4) is 5.75 Å². The predicted molar refractivity (Wildman–Crippen MR) is 131 cm³/mol. The van der Waals surface area contributed by atoms with Gasteiger partial charge in [0.2, 0.25) is 0 Å². The van der Waals surface area contributed by atoms with Gasteiger partial charge in [-0.15, -0.1) is 11.8 Å². The Balaban J connectivity index is 1.11. The Morgan fingerprint density at radius 3 is 2.36 bits per heavy atom. The lowest BCUT2D eigenvalue weighted by Gasteiger charge is -2.34. The normalized spacial score (nSPS) is 14.2. The summed E-state index contributed by atoms with van der Waals surface area (Å²) >= 11 is 1.42. The van der Waals surface area contributed by atoms with Crippen LogP contribution >= 0.6 is 11.8 Å². The van der Waals surface area contributed by atoms with Gasteiger partial charge < -0.3 is 14.4 Å². The summed E-state index contributed by atoms with van der Waals surface area (Å²) in [5.74, 6) is 0.533. The van der Waals surface area contributed by atoms with Gasteiger partial charge >= 0.3 is 5.97 Å². The van der Waals surface area contributed by atoms with Crippen LogP contribution in [0.15, 0.2) is 77.7 Å². The molecule has 0 unspecified atom stereocenters. The van der Waals surface area contributed by atoms with Crippen molar-refractivity contribution in [1.82, 2.24) is 9.80 Å². The van der Waals surface area contributed by atoms with Crippen LogP contribution in [0.2, 0.25) is 0 Å². The van der Waals surface area contributed by atoms with Crippen LogP contribution in [-0.4, -0.2) is 73.4 Å². The first-order valence-corrected chi connectivity index (χ1v) is 12.1. The molecule has 0 bridgehead atoms. The van der Waals surface area contributed by atoms with Crippen LogP contribution in [0.25, 0.3) is 10.8 Å². The lowest BCUT2D eigenvalue weighted by Crippen LogP contribution is -2.50. The minimum Gasteiger partial charge on any atom is -0.492 e. The summed E-state index contributed by atoms with van der Waals surface area (Å²) in [5, 5.41) is 2.30. The van der Waals surface area contributed by atoms with Gasteiger partial charge in [0.15, 0.2) is 6.61 Å². The van der Waals surface area contributed by atoms with Gasteiger partial charge in [-0.1, -0.05) is 48.5 Å².